The van der Waals surface area contributed by atoms with Crippen molar-refractivity contribution in [3.05, 3.63) is 81.3 Å². The van der Waals surface area contributed by atoms with Crippen molar-refractivity contribution in [1.82, 2.24) is 4.98 Å². The van der Waals surface area contributed by atoms with Crippen LogP contribution in [0.3, 0.4) is 0 Å². The van der Waals surface area contributed by atoms with Crippen LogP contribution >= 0.6 is 11.3 Å². The van der Waals surface area contributed by atoms with E-state index in [4.69, 9.17) is 4.42 Å². The summed E-state index contributed by atoms with van der Waals surface area (Å²) >= 11 is 1.55. The van der Waals surface area contributed by atoms with Gasteiger partial charge < -0.3 is 9.73 Å². The SMILES string of the molecule is O=C(Cc1cccs1)Nc1ccc(-c2nc3ccccc3c(=O)o2)cc1. The van der Waals surface area contributed by atoms with Crippen molar-refractivity contribution in [2.75, 3.05) is 5.32 Å². The molecular formula is C20H14N2O3S. The first kappa shape index (κ1) is 16.2. The van der Waals surface area contributed by atoms with Crippen molar-refractivity contribution >= 4 is 33.8 Å². The Morgan fingerprint density at radius 3 is 2.62 bits per heavy atom. The Kier molecular flexibility index (Phi) is 4.33. The summed E-state index contributed by atoms with van der Waals surface area (Å²) in [4.78, 5) is 29.5. The fourth-order valence-electron chi connectivity index (χ4n) is 2.61. The number of nitrogens with one attached hydrogen (secondary N) is 1. The number of nitrogens with zero attached hydrogens (tertiary/aromatic N) is 1. The maximum atomic E-state index is 12.1. The molecule has 0 fully saturated rings. The van der Waals surface area contributed by atoms with Crippen molar-refractivity contribution in [1.29, 1.82) is 0 Å². The van der Waals surface area contributed by atoms with Gasteiger partial charge in [0.1, 0.15) is 0 Å². The normalized spacial score (nSPS) is 10.8. The zero-order valence-electron chi connectivity index (χ0n) is 13.6. The monoisotopic (exact) mass is 362 g/mol. The summed E-state index contributed by atoms with van der Waals surface area (Å²) in [5.74, 6) is 0.181. The number of hydrogen-bond acceptors (Lipinski definition) is 5. The molecule has 5 nitrogen and oxygen atoms in total. The number of anilines is 1. The molecule has 0 bridgehead atoms. The van der Waals surface area contributed by atoms with Gasteiger partial charge in [0.05, 0.1) is 17.3 Å². The summed E-state index contributed by atoms with van der Waals surface area (Å²) in [5.41, 5.74) is 1.52. The highest BCUT2D eigenvalue weighted by Crippen LogP contribution is 2.21. The van der Waals surface area contributed by atoms with Crippen LogP contribution in [0, 0.1) is 0 Å². The van der Waals surface area contributed by atoms with Gasteiger partial charge in [-0.25, -0.2) is 9.78 Å². The van der Waals surface area contributed by atoms with Gasteiger partial charge in [0.2, 0.25) is 11.8 Å². The number of para-hydroxylation sites is 1. The third-order valence-corrected chi connectivity index (χ3v) is 4.74. The van der Waals surface area contributed by atoms with E-state index in [2.05, 4.69) is 10.3 Å². The van der Waals surface area contributed by atoms with Crippen molar-refractivity contribution < 1.29 is 9.21 Å². The first-order valence-corrected chi connectivity index (χ1v) is 8.89. The third-order valence-electron chi connectivity index (χ3n) is 3.87. The van der Waals surface area contributed by atoms with Gasteiger partial charge >= 0.3 is 5.63 Å². The maximum absolute atomic E-state index is 12.1. The zero-order chi connectivity index (χ0) is 17.9. The number of benzene rings is 2. The van der Waals surface area contributed by atoms with E-state index in [1.165, 1.54) is 0 Å². The molecule has 0 unspecified atom stereocenters. The second-order valence-corrected chi connectivity index (χ2v) is 6.74. The molecule has 1 amide bonds. The molecule has 2 aromatic heterocycles. The predicted octanol–water partition coefficient (Wildman–Crippen LogP) is 4.10. The molecule has 4 rings (SSSR count). The average molecular weight is 362 g/mol. The number of rotatable bonds is 4. The van der Waals surface area contributed by atoms with Crippen molar-refractivity contribution in [2.24, 2.45) is 0 Å². The van der Waals surface area contributed by atoms with Crippen LogP contribution in [0.4, 0.5) is 5.69 Å². The quantitative estimate of drug-likeness (QED) is 0.593. The minimum absolute atomic E-state index is 0.0736. The molecule has 0 aliphatic carbocycles. The van der Waals surface area contributed by atoms with Crippen LogP contribution in [0.15, 0.2) is 75.3 Å². The van der Waals surface area contributed by atoms with Crippen LogP contribution in [0.1, 0.15) is 4.88 Å². The van der Waals surface area contributed by atoms with Crippen molar-refractivity contribution in [2.45, 2.75) is 6.42 Å². The highest BCUT2D eigenvalue weighted by molar-refractivity contribution is 7.10. The van der Waals surface area contributed by atoms with E-state index < -0.39 is 5.63 Å². The lowest BCUT2D eigenvalue weighted by atomic mass is 10.2. The van der Waals surface area contributed by atoms with Crippen molar-refractivity contribution in [3.8, 4) is 11.5 Å². The summed E-state index contributed by atoms with van der Waals surface area (Å²) < 4.78 is 5.32. The van der Waals surface area contributed by atoms with E-state index in [0.717, 1.165) is 4.88 Å². The smallest absolute Gasteiger partial charge is 0.347 e. The number of carbonyl (C=O) groups is 1. The Labute approximate surface area is 152 Å². The first-order valence-electron chi connectivity index (χ1n) is 8.01. The van der Waals surface area contributed by atoms with Gasteiger partial charge in [0.15, 0.2) is 0 Å². The fraction of sp³-hybridized carbons (Fsp3) is 0.0500. The lowest BCUT2D eigenvalue weighted by molar-refractivity contribution is -0.115. The topological polar surface area (TPSA) is 72.2 Å². The Morgan fingerprint density at radius 1 is 1.04 bits per heavy atom. The van der Waals surface area contributed by atoms with Crippen LogP contribution in [-0.4, -0.2) is 10.9 Å². The molecule has 4 aromatic rings. The predicted molar refractivity (Wildman–Crippen MR) is 102 cm³/mol. The number of hydrogen-bond donors (Lipinski definition) is 1. The molecule has 26 heavy (non-hydrogen) atoms. The first-order chi connectivity index (χ1) is 12.7. The van der Waals surface area contributed by atoms with Gasteiger partial charge in [-0.15, -0.1) is 11.3 Å². The molecule has 2 heterocycles. The summed E-state index contributed by atoms with van der Waals surface area (Å²) in [6, 6.07) is 18.0. The molecule has 0 saturated heterocycles. The van der Waals surface area contributed by atoms with Crippen LogP contribution in [0.25, 0.3) is 22.4 Å². The highest BCUT2D eigenvalue weighted by atomic mass is 32.1. The molecular weight excluding hydrogens is 348 g/mol. The lowest BCUT2D eigenvalue weighted by Crippen LogP contribution is -2.13. The number of thiophene rings is 1. The Balaban J connectivity index is 1.54. The second-order valence-electron chi connectivity index (χ2n) is 5.71. The van der Waals surface area contributed by atoms with E-state index in [0.29, 0.717) is 28.6 Å². The standard InChI is InChI=1S/C20H14N2O3S/c23-18(12-15-4-3-11-26-15)21-14-9-7-13(8-10-14)19-22-17-6-2-1-5-16(17)20(24)25-19/h1-11H,12H2,(H,21,23). The highest BCUT2D eigenvalue weighted by Gasteiger charge is 2.09. The molecule has 1 N–H and O–H groups in total. The molecule has 6 heteroatoms. The summed E-state index contributed by atoms with van der Waals surface area (Å²) in [6.45, 7) is 0. The second kappa shape index (κ2) is 6.93. The van der Waals surface area contributed by atoms with Crippen molar-refractivity contribution in [3.63, 3.8) is 0 Å². The fourth-order valence-corrected chi connectivity index (χ4v) is 3.32. The summed E-state index contributed by atoms with van der Waals surface area (Å²) in [7, 11) is 0. The molecule has 0 saturated carbocycles. The van der Waals surface area contributed by atoms with Gasteiger partial charge in [-0.2, -0.15) is 0 Å². The molecule has 2 aromatic carbocycles. The van der Waals surface area contributed by atoms with Gasteiger partial charge in [-0.05, 0) is 47.8 Å². The molecule has 0 aliphatic rings. The largest absolute Gasteiger partial charge is 0.403 e. The molecule has 0 spiro atoms. The molecule has 128 valence electrons. The molecule has 0 aliphatic heterocycles. The van der Waals surface area contributed by atoms with Gasteiger partial charge in [-0.1, -0.05) is 18.2 Å². The van der Waals surface area contributed by atoms with Gasteiger partial charge in [0, 0.05) is 16.1 Å². The zero-order valence-corrected chi connectivity index (χ0v) is 14.5. The van der Waals surface area contributed by atoms with Crippen LogP contribution in [0.2, 0.25) is 0 Å². The number of fused-ring (bicyclic) bond motifs is 1. The number of amides is 1. The molecule has 0 radical (unpaired) electrons. The van der Waals surface area contributed by atoms with E-state index in [1.807, 2.05) is 23.6 Å². The minimum atomic E-state index is -0.418. The van der Waals surface area contributed by atoms with Crippen LogP contribution < -0.4 is 10.9 Å². The Morgan fingerprint density at radius 2 is 1.85 bits per heavy atom. The van der Waals surface area contributed by atoms with E-state index in [9.17, 15) is 9.59 Å². The Bertz CT molecular complexity index is 1120. The van der Waals surface area contributed by atoms with Gasteiger partial charge in [-0.3, -0.25) is 4.79 Å². The summed E-state index contributed by atoms with van der Waals surface area (Å²) in [5, 5.41) is 5.25. The minimum Gasteiger partial charge on any atom is -0.403 e. The Hall–Kier alpha value is -3.25. The lowest BCUT2D eigenvalue weighted by Gasteiger charge is -2.06. The number of carbonyl (C=O) groups excluding carboxylic acids is 1. The van der Waals surface area contributed by atoms with Crippen LogP contribution in [-0.2, 0) is 11.2 Å². The third kappa shape index (κ3) is 3.41. The van der Waals surface area contributed by atoms with E-state index in [-0.39, 0.29) is 11.8 Å². The number of aromatic nitrogens is 1. The average Bonchev–Trinajstić information content (AvgIpc) is 3.15. The van der Waals surface area contributed by atoms with E-state index >= 15 is 0 Å². The molecule has 0 atom stereocenters. The van der Waals surface area contributed by atoms with E-state index in [1.54, 1.807) is 53.8 Å². The summed E-state index contributed by atoms with van der Waals surface area (Å²) in [6.07, 6.45) is 0.348. The van der Waals surface area contributed by atoms with Crippen LogP contribution in [0.5, 0.6) is 0 Å². The maximum Gasteiger partial charge on any atom is 0.347 e. The van der Waals surface area contributed by atoms with Gasteiger partial charge in [0.25, 0.3) is 0 Å².